The number of nitrogens with zero attached hydrogens (tertiary/aromatic N) is 1. The van der Waals surface area contributed by atoms with E-state index in [4.69, 9.17) is 0 Å². The zero-order valence-electron chi connectivity index (χ0n) is 7.79. The van der Waals surface area contributed by atoms with Gasteiger partial charge >= 0.3 is 0 Å². The molecule has 0 spiro atoms. The quantitative estimate of drug-likeness (QED) is 0.607. The van der Waals surface area contributed by atoms with E-state index in [0.717, 1.165) is 0 Å². The number of aryl methyl sites for hydroxylation is 1. The lowest BCUT2D eigenvalue weighted by molar-refractivity contribution is 0.666. The molecular weight excluding hydrogens is 146 g/mol. The molecule has 1 heteroatoms. The van der Waals surface area contributed by atoms with Crippen LogP contribution in [0.4, 0.5) is 0 Å². The van der Waals surface area contributed by atoms with Gasteiger partial charge in [0.25, 0.3) is 0 Å². The number of hydrogen-bond donors (Lipinski definition) is 0. The van der Waals surface area contributed by atoms with Crippen molar-refractivity contribution in [2.75, 3.05) is 0 Å². The van der Waals surface area contributed by atoms with Crippen LogP contribution in [0.2, 0.25) is 0 Å². The summed E-state index contributed by atoms with van der Waals surface area (Å²) in [6, 6.07) is 4.16. The van der Waals surface area contributed by atoms with E-state index < -0.39 is 0 Å². The minimum atomic E-state index is 1.19. The number of unbranched alkanes of at least 4 members (excludes halogenated alkanes) is 3. The highest BCUT2D eigenvalue weighted by atomic mass is 14.6. The Morgan fingerprint density at radius 3 is 2.83 bits per heavy atom. The lowest BCUT2D eigenvalue weighted by Gasteiger charge is -1.98. The van der Waals surface area contributed by atoms with Gasteiger partial charge in [0.15, 0.2) is 0 Å². The molecule has 0 fully saturated rings. The van der Waals surface area contributed by atoms with Gasteiger partial charge in [-0.1, -0.05) is 32.3 Å². The van der Waals surface area contributed by atoms with Crippen molar-refractivity contribution in [1.82, 2.24) is 4.98 Å². The van der Waals surface area contributed by atoms with E-state index in [0.29, 0.717) is 0 Å². The van der Waals surface area contributed by atoms with Gasteiger partial charge in [0.05, 0.1) is 0 Å². The highest BCUT2D eigenvalue weighted by molar-refractivity contribution is 5.08. The van der Waals surface area contributed by atoms with Crippen molar-refractivity contribution in [3.63, 3.8) is 0 Å². The Balaban J connectivity index is 2.16. The van der Waals surface area contributed by atoms with Crippen LogP contribution in [0.5, 0.6) is 0 Å². The van der Waals surface area contributed by atoms with Crippen molar-refractivity contribution in [3.8, 4) is 0 Å². The zero-order valence-corrected chi connectivity index (χ0v) is 7.79. The Bertz CT molecular complexity index is 193. The first-order chi connectivity index (χ1) is 5.93. The topological polar surface area (TPSA) is 12.9 Å². The van der Waals surface area contributed by atoms with Crippen LogP contribution in [0.15, 0.2) is 24.5 Å². The summed E-state index contributed by atoms with van der Waals surface area (Å²) in [4.78, 5) is 4.08. The van der Waals surface area contributed by atoms with Gasteiger partial charge in [-0.2, -0.15) is 0 Å². The van der Waals surface area contributed by atoms with Gasteiger partial charge in [0.1, 0.15) is 0 Å². The Hall–Kier alpha value is -0.850. The third-order valence-electron chi connectivity index (χ3n) is 2.04. The largest absolute Gasteiger partial charge is 0.264 e. The first-order valence-electron chi connectivity index (χ1n) is 4.82. The Morgan fingerprint density at radius 1 is 1.25 bits per heavy atom. The van der Waals surface area contributed by atoms with E-state index >= 15 is 0 Å². The van der Waals surface area contributed by atoms with Crippen LogP contribution >= 0.6 is 0 Å². The highest BCUT2D eigenvalue weighted by Crippen LogP contribution is 2.05. The minimum Gasteiger partial charge on any atom is -0.264 e. The summed E-state index contributed by atoms with van der Waals surface area (Å²) < 4.78 is 0. The second-order valence-electron chi connectivity index (χ2n) is 3.17. The molecule has 12 heavy (non-hydrogen) atoms. The summed E-state index contributed by atoms with van der Waals surface area (Å²) in [7, 11) is 0. The molecule has 0 aliphatic heterocycles. The molecule has 66 valence electrons. The maximum absolute atomic E-state index is 4.08. The van der Waals surface area contributed by atoms with Crippen LogP contribution in [0, 0.1) is 0 Å². The van der Waals surface area contributed by atoms with Gasteiger partial charge < -0.3 is 0 Å². The average Bonchev–Trinajstić information content (AvgIpc) is 2.14. The van der Waals surface area contributed by atoms with E-state index in [2.05, 4.69) is 18.0 Å². The number of aromatic nitrogens is 1. The molecule has 1 nitrogen and oxygen atoms in total. The molecule has 1 heterocycles. The summed E-state index contributed by atoms with van der Waals surface area (Å²) in [5, 5.41) is 0. The predicted octanol–water partition coefficient (Wildman–Crippen LogP) is 3.20. The van der Waals surface area contributed by atoms with Gasteiger partial charge in [-0.15, -0.1) is 0 Å². The van der Waals surface area contributed by atoms with Crippen molar-refractivity contribution in [2.24, 2.45) is 0 Å². The zero-order chi connectivity index (χ0) is 8.65. The van der Waals surface area contributed by atoms with Crippen molar-refractivity contribution in [2.45, 2.75) is 39.0 Å². The predicted molar refractivity (Wildman–Crippen MR) is 52.1 cm³/mol. The van der Waals surface area contributed by atoms with Crippen LogP contribution in [-0.4, -0.2) is 4.98 Å². The van der Waals surface area contributed by atoms with E-state index in [1.165, 1.54) is 37.7 Å². The van der Waals surface area contributed by atoms with Crippen LogP contribution in [-0.2, 0) is 6.42 Å². The molecule has 0 unspecified atom stereocenters. The molecule has 1 rings (SSSR count). The molecule has 0 atom stereocenters. The number of rotatable bonds is 5. The van der Waals surface area contributed by atoms with Gasteiger partial charge in [0, 0.05) is 12.4 Å². The lowest BCUT2D eigenvalue weighted by atomic mass is 10.1. The summed E-state index contributed by atoms with van der Waals surface area (Å²) in [5.41, 5.74) is 1.37. The Labute approximate surface area is 74.8 Å². The van der Waals surface area contributed by atoms with Gasteiger partial charge in [-0.05, 0) is 24.5 Å². The van der Waals surface area contributed by atoms with Gasteiger partial charge in [0.2, 0.25) is 0 Å². The SMILES string of the molecule is CCCCCCc1cccnc1. The first-order valence-corrected chi connectivity index (χ1v) is 4.82. The molecular formula is C11H17N. The van der Waals surface area contributed by atoms with E-state index in [9.17, 15) is 0 Å². The van der Waals surface area contributed by atoms with Crippen molar-refractivity contribution >= 4 is 0 Å². The molecule has 0 amide bonds. The van der Waals surface area contributed by atoms with E-state index in [1.807, 2.05) is 18.5 Å². The Morgan fingerprint density at radius 2 is 2.17 bits per heavy atom. The fraction of sp³-hybridized carbons (Fsp3) is 0.545. The van der Waals surface area contributed by atoms with Gasteiger partial charge in [-0.3, -0.25) is 4.98 Å². The molecule has 0 aliphatic carbocycles. The summed E-state index contributed by atoms with van der Waals surface area (Å²) in [5.74, 6) is 0. The van der Waals surface area contributed by atoms with Crippen LogP contribution in [0.25, 0.3) is 0 Å². The highest BCUT2D eigenvalue weighted by Gasteiger charge is 1.91. The first kappa shape index (κ1) is 9.24. The van der Waals surface area contributed by atoms with Crippen molar-refractivity contribution in [1.29, 1.82) is 0 Å². The van der Waals surface area contributed by atoms with Gasteiger partial charge in [-0.25, -0.2) is 0 Å². The second kappa shape index (κ2) is 5.76. The Kier molecular flexibility index (Phi) is 4.43. The number of hydrogen-bond acceptors (Lipinski definition) is 1. The monoisotopic (exact) mass is 163 g/mol. The van der Waals surface area contributed by atoms with Crippen molar-refractivity contribution < 1.29 is 0 Å². The molecule has 0 radical (unpaired) electrons. The van der Waals surface area contributed by atoms with Crippen molar-refractivity contribution in [3.05, 3.63) is 30.1 Å². The average molecular weight is 163 g/mol. The second-order valence-corrected chi connectivity index (χ2v) is 3.17. The molecule has 0 aromatic carbocycles. The molecule has 0 bridgehead atoms. The smallest absolute Gasteiger partial charge is 0.0299 e. The molecule has 0 aliphatic rings. The fourth-order valence-electron chi connectivity index (χ4n) is 1.30. The minimum absolute atomic E-state index is 1.19. The van der Waals surface area contributed by atoms with Crippen LogP contribution < -0.4 is 0 Å². The fourth-order valence-corrected chi connectivity index (χ4v) is 1.30. The molecule has 0 N–H and O–H groups in total. The molecule has 0 saturated carbocycles. The maximum Gasteiger partial charge on any atom is 0.0299 e. The third-order valence-corrected chi connectivity index (χ3v) is 2.04. The van der Waals surface area contributed by atoms with Crippen LogP contribution in [0.3, 0.4) is 0 Å². The molecule has 0 saturated heterocycles. The maximum atomic E-state index is 4.08. The van der Waals surface area contributed by atoms with Crippen LogP contribution in [0.1, 0.15) is 38.2 Å². The third kappa shape index (κ3) is 3.51. The normalized spacial score (nSPS) is 10.1. The van der Waals surface area contributed by atoms with E-state index in [-0.39, 0.29) is 0 Å². The lowest BCUT2D eigenvalue weighted by Crippen LogP contribution is -1.85. The summed E-state index contributed by atoms with van der Waals surface area (Å²) >= 11 is 0. The number of pyridine rings is 1. The standard InChI is InChI=1S/C11H17N/c1-2-3-4-5-7-11-8-6-9-12-10-11/h6,8-10H,2-5,7H2,1H3. The van der Waals surface area contributed by atoms with E-state index in [1.54, 1.807) is 0 Å². The molecule has 1 aromatic heterocycles. The molecule has 1 aromatic rings. The summed E-state index contributed by atoms with van der Waals surface area (Å²) in [6.45, 7) is 2.24. The summed E-state index contributed by atoms with van der Waals surface area (Å²) in [6.07, 6.45) is 10.3.